The zero-order valence-corrected chi connectivity index (χ0v) is 16.3. The van der Waals surface area contributed by atoms with Crippen molar-refractivity contribution in [3.8, 4) is 0 Å². The van der Waals surface area contributed by atoms with E-state index in [-0.39, 0.29) is 11.7 Å². The van der Waals surface area contributed by atoms with E-state index in [4.69, 9.17) is 0 Å². The molecule has 0 bridgehead atoms. The van der Waals surface area contributed by atoms with E-state index in [1.54, 1.807) is 6.08 Å². The second-order valence-corrected chi connectivity index (χ2v) is 7.57. The Balaban J connectivity index is 1.53. The molecule has 7 nitrogen and oxygen atoms in total. The van der Waals surface area contributed by atoms with Gasteiger partial charge in [0.05, 0.1) is 5.75 Å². The van der Waals surface area contributed by atoms with Gasteiger partial charge in [0.1, 0.15) is 5.82 Å². The summed E-state index contributed by atoms with van der Waals surface area (Å²) in [7, 11) is 0. The predicted molar refractivity (Wildman–Crippen MR) is 106 cm³/mol. The quantitative estimate of drug-likeness (QED) is 0.563. The van der Waals surface area contributed by atoms with Crippen LogP contribution in [0.2, 0.25) is 0 Å². The molecule has 1 heterocycles. The van der Waals surface area contributed by atoms with Gasteiger partial charge in [0.15, 0.2) is 5.16 Å². The summed E-state index contributed by atoms with van der Waals surface area (Å²) < 4.78 is 1.98. The van der Waals surface area contributed by atoms with Crippen LogP contribution in [-0.4, -0.2) is 32.5 Å². The number of anilines is 1. The second-order valence-electron chi connectivity index (χ2n) is 6.62. The Morgan fingerprint density at radius 1 is 1.33 bits per heavy atom. The van der Waals surface area contributed by atoms with Gasteiger partial charge in [-0.1, -0.05) is 35.5 Å². The fourth-order valence-electron chi connectivity index (χ4n) is 2.75. The molecule has 1 fully saturated rings. The summed E-state index contributed by atoms with van der Waals surface area (Å²) >= 11 is 1.26. The average Bonchev–Trinajstić information content (AvgIpc) is 3.38. The third kappa shape index (κ3) is 4.97. The monoisotopic (exact) mass is 385 g/mol. The summed E-state index contributed by atoms with van der Waals surface area (Å²) in [4.78, 5) is 24.2. The molecule has 1 aromatic carbocycles. The van der Waals surface area contributed by atoms with Crippen LogP contribution < -0.4 is 10.6 Å². The number of allylic oxidation sites excluding steroid dienone is 1. The van der Waals surface area contributed by atoms with Crippen LogP contribution in [-0.2, 0) is 11.3 Å². The van der Waals surface area contributed by atoms with Gasteiger partial charge < -0.3 is 9.88 Å². The highest BCUT2D eigenvalue weighted by atomic mass is 32.2. The van der Waals surface area contributed by atoms with Gasteiger partial charge in [0.25, 0.3) is 0 Å². The largest absolute Gasteiger partial charge is 0.325 e. The molecule has 0 aliphatic heterocycles. The molecular weight excluding hydrogens is 362 g/mol. The summed E-state index contributed by atoms with van der Waals surface area (Å²) in [6.07, 6.45) is 4.04. The van der Waals surface area contributed by atoms with Crippen LogP contribution in [0, 0.1) is 13.8 Å². The first-order valence-electron chi connectivity index (χ1n) is 8.82. The lowest BCUT2D eigenvalue weighted by Crippen LogP contribution is -2.35. The highest BCUT2D eigenvalue weighted by Gasteiger charge is 2.30. The molecule has 0 unspecified atom stereocenters. The van der Waals surface area contributed by atoms with E-state index < -0.39 is 6.03 Å². The lowest BCUT2D eigenvalue weighted by atomic mass is 10.1. The molecule has 0 spiro atoms. The topological polar surface area (TPSA) is 88.9 Å². The Bertz CT molecular complexity index is 873. The number of thioether (sulfide) groups is 1. The van der Waals surface area contributed by atoms with Crippen molar-refractivity contribution < 1.29 is 9.59 Å². The molecule has 1 aliphatic carbocycles. The first-order chi connectivity index (χ1) is 13.0. The molecule has 8 heteroatoms. The molecule has 3 amide bonds. The van der Waals surface area contributed by atoms with Crippen molar-refractivity contribution in [1.82, 2.24) is 20.1 Å². The molecule has 27 heavy (non-hydrogen) atoms. The van der Waals surface area contributed by atoms with Gasteiger partial charge in [-0.2, -0.15) is 0 Å². The maximum atomic E-state index is 12.1. The van der Waals surface area contributed by atoms with Crippen molar-refractivity contribution in [2.45, 2.75) is 44.3 Å². The Hall–Kier alpha value is -2.61. The van der Waals surface area contributed by atoms with Crippen molar-refractivity contribution in [3.63, 3.8) is 0 Å². The zero-order chi connectivity index (χ0) is 19.4. The number of hydrogen-bond donors (Lipinski definition) is 2. The van der Waals surface area contributed by atoms with Gasteiger partial charge in [-0.25, -0.2) is 4.79 Å². The van der Waals surface area contributed by atoms with E-state index in [0.29, 0.717) is 23.3 Å². The number of hydrogen-bond acceptors (Lipinski definition) is 5. The van der Waals surface area contributed by atoms with Gasteiger partial charge in [-0.05, 0) is 38.3 Å². The summed E-state index contributed by atoms with van der Waals surface area (Å²) in [6, 6.07) is 5.15. The molecule has 0 saturated heterocycles. The Kier molecular flexibility index (Phi) is 5.95. The maximum Gasteiger partial charge on any atom is 0.325 e. The molecule has 0 radical (unpaired) electrons. The highest BCUT2D eigenvalue weighted by Crippen LogP contribution is 2.40. The summed E-state index contributed by atoms with van der Waals surface area (Å²) in [5.41, 5.74) is 2.73. The number of nitrogens with zero attached hydrogens (tertiary/aromatic N) is 3. The number of nitrogens with one attached hydrogen (secondary N) is 2. The third-order valence-electron chi connectivity index (χ3n) is 4.22. The molecule has 1 aromatic heterocycles. The number of aromatic nitrogens is 3. The molecule has 3 rings (SSSR count). The van der Waals surface area contributed by atoms with Gasteiger partial charge >= 0.3 is 6.03 Å². The fourth-order valence-corrected chi connectivity index (χ4v) is 3.51. The number of rotatable bonds is 7. The number of urea groups is 1. The van der Waals surface area contributed by atoms with Crippen molar-refractivity contribution in [3.05, 3.63) is 47.8 Å². The van der Waals surface area contributed by atoms with Gasteiger partial charge in [0.2, 0.25) is 5.91 Å². The zero-order valence-electron chi connectivity index (χ0n) is 15.5. The molecule has 0 atom stereocenters. The van der Waals surface area contributed by atoms with Gasteiger partial charge in [-0.15, -0.1) is 16.8 Å². The molecule has 2 N–H and O–H groups in total. The first-order valence-corrected chi connectivity index (χ1v) is 9.81. The molecule has 1 aliphatic rings. The summed E-state index contributed by atoms with van der Waals surface area (Å²) in [5, 5.41) is 14.1. The predicted octanol–water partition coefficient (Wildman–Crippen LogP) is 3.40. The number of carbonyl (C=O) groups is 2. The van der Waals surface area contributed by atoms with Crippen molar-refractivity contribution in [1.29, 1.82) is 0 Å². The Morgan fingerprint density at radius 2 is 2.11 bits per heavy atom. The fraction of sp³-hybridized carbons (Fsp3) is 0.368. The van der Waals surface area contributed by atoms with Crippen molar-refractivity contribution in [2.24, 2.45) is 0 Å². The summed E-state index contributed by atoms with van der Waals surface area (Å²) in [6.45, 7) is 8.26. The van der Waals surface area contributed by atoms with E-state index >= 15 is 0 Å². The smallest absolute Gasteiger partial charge is 0.307 e. The van der Waals surface area contributed by atoms with E-state index in [9.17, 15) is 9.59 Å². The number of imide groups is 1. The van der Waals surface area contributed by atoms with E-state index in [0.717, 1.165) is 29.8 Å². The second kappa shape index (κ2) is 8.39. The minimum atomic E-state index is -0.543. The number of benzene rings is 1. The molecule has 142 valence electrons. The van der Waals surface area contributed by atoms with Crippen LogP contribution in [0.3, 0.4) is 0 Å². The molecular formula is C19H23N5O2S. The van der Waals surface area contributed by atoms with Crippen molar-refractivity contribution in [2.75, 3.05) is 11.1 Å². The van der Waals surface area contributed by atoms with Crippen LogP contribution >= 0.6 is 11.8 Å². The lowest BCUT2D eigenvalue weighted by Gasteiger charge is -2.10. The van der Waals surface area contributed by atoms with Gasteiger partial charge in [-0.3, -0.25) is 10.1 Å². The average molecular weight is 385 g/mol. The summed E-state index contributed by atoms with van der Waals surface area (Å²) in [5.74, 6) is 1.11. The molecule has 2 aromatic rings. The van der Waals surface area contributed by atoms with Crippen LogP contribution in [0.5, 0.6) is 0 Å². The van der Waals surface area contributed by atoms with Crippen LogP contribution in [0.25, 0.3) is 0 Å². The van der Waals surface area contributed by atoms with Crippen LogP contribution in [0.4, 0.5) is 10.5 Å². The van der Waals surface area contributed by atoms with Gasteiger partial charge in [0, 0.05) is 18.2 Å². The Morgan fingerprint density at radius 3 is 2.78 bits per heavy atom. The first kappa shape index (κ1) is 19.2. The lowest BCUT2D eigenvalue weighted by molar-refractivity contribution is -0.117. The highest BCUT2D eigenvalue weighted by molar-refractivity contribution is 7.99. The van der Waals surface area contributed by atoms with Crippen LogP contribution in [0.15, 0.2) is 36.0 Å². The number of carbonyl (C=O) groups excluding carboxylic acids is 2. The SMILES string of the molecule is C=CCn1c(SCC(=O)NC(=O)Nc2ccc(C)cc2C)nnc1C1CC1. The molecule has 1 saturated carbocycles. The van der Waals surface area contributed by atoms with E-state index in [1.807, 2.05) is 36.6 Å². The van der Waals surface area contributed by atoms with E-state index in [2.05, 4.69) is 27.4 Å². The minimum absolute atomic E-state index is 0.0836. The van der Waals surface area contributed by atoms with E-state index in [1.165, 1.54) is 11.8 Å². The number of aryl methyl sites for hydroxylation is 2. The standard InChI is InChI=1S/C19H23N5O2S/c1-4-9-24-17(14-6-7-14)22-23-19(24)27-11-16(25)21-18(26)20-15-8-5-12(2)10-13(15)3/h4-5,8,10,14H,1,6-7,9,11H2,2-3H3,(H2,20,21,25,26). The normalized spacial score (nSPS) is 13.3. The Labute approximate surface area is 162 Å². The van der Waals surface area contributed by atoms with Crippen molar-refractivity contribution >= 4 is 29.4 Å². The van der Waals surface area contributed by atoms with Crippen LogP contribution in [0.1, 0.15) is 35.7 Å². The number of amides is 3. The third-order valence-corrected chi connectivity index (χ3v) is 5.18. The minimum Gasteiger partial charge on any atom is -0.307 e. The maximum absolute atomic E-state index is 12.1.